The first-order chi connectivity index (χ1) is 6.81. The maximum atomic E-state index is 5.80. The van der Waals surface area contributed by atoms with E-state index in [-0.39, 0.29) is 0 Å². The van der Waals surface area contributed by atoms with Gasteiger partial charge in [-0.2, -0.15) is 0 Å². The highest BCUT2D eigenvalue weighted by atomic mass is 32.1. The van der Waals surface area contributed by atoms with Gasteiger partial charge in [0.2, 0.25) is 0 Å². The lowest BCUT2D eigenvalue weighted by atomic mass is 10.1. The van der Waals surface area contributed by atoms with Crippen LogP contribution in [0.2, 0.25) is 0 Å². The van der Waals surface area contributed by atoms with Crippen LogP contribution in [0.25, 0.3) is 0 Å². The summed E-state index contributed by atoms with van der Waals surface area (Å²) in [6.07, 6.45) is 0. The van der Waals surface area contributed by atoms with Crippen LogP contribution in [0.1, 0.15) is 24.6 Å². The van der Waals surface area contributed by atoms with Gasteiger partial charge in [0.05, 0.1) is 0 Å². The Hall–Kier alpha value is -0.380. The van der Waals surface area contributed by atoms with E-state index in [1.807, 2.05) is 11.3 Å². The molecule has 0 aliphatic heterocycles. The second-order valence-electron chi connectivity index (χ2n) is 3.43. The molecule has 1 atom stereocenters. The first-order valence-electron chi connectivity index (χ1n) is 5.27. The van der Waals surface area contributed by atoms with Gasteiger partial charge in [-0.3, -0.25) is 0 Å². The molecule has 0 bridgehead atoms. The van der Waals surface area contributed by atoms with Gasteiger partial charge in [0.25, 0.3) is 0 Å². The molecule has 3 heteroatoms. The van der Waals surface area contributed by atoms with Gasteiger partial charge in [-0.15, -0.1) is 11.3 Å². The normalized spacial score (nSPS) is 13.4. The molecule has 0 fully saturated rings. The summed E-state index contributed by atoms with van der Waals surface area (Å²) in [5.41, 5.74) is 5.80. The van der Waals surface area contributed by atoms with E-state index < -0.39 is 0 Å². The Morgan fingerprint density at radius 3 is 2.57 bits per heavy atom. The van der Waals surface area contributed by atoms with Crippen molar-refractivity contribution in [1.82, 2.24) is 4.90 Å². The maximum Gasteiger partial charge on any atom is 0.0183 e. The molecule has 2 nitrogen and oxygen atoms in total. The summed E-state index contributed by atoms with van der Waals surface area (Å²) in [5.74, 6) is 0.509. The van der Waals surface area contributed by atoms with Crippen molar-refractivity contribution in [2.75, 3.05) is 26.2 Å². The lowest BCUT2D eigenvalue weighted by Gasteiger charge is -2.23. The van der Waals surface area contributed by atoms with Crippen LogP contribution in [0.4, 0.5) is 0 Å². The van der Waals surface area contributed by atoms with Gasteiger partial charge < -0.3 is 10.6 Å². The monoisotopic (exact) mass is 212 g/mol. The van der Waals surface area contributed by atoms with Crippen molar-refractivity contribution in [3.05, 3.63) is 22.4 Å². The first-order valence-corrected chi connectivity index (χ1v) is 6.15. The fourth-order valence-corrected chi connectivity index (χ4v) is 2.43. The van der Waals surface area contributed by atoms with E-state index in [1.54, 1.807) is 0 Å². The van der Waals surface area contributed by atoms with Crippen LogP contribution in [0.15, 0.2) is 17.5 Å². The SMILES string of the molecule is CCN(CC)CC(CN)c1cccs1. The smallest absolute Gasteiger partial charge is 0.0183 e. The van der Waals surface area contributed by atoms with Gasteiger partial charge in [-0.05, 0) is 24.5 Å². The highest BCUT2D eigenvalue weighted by Gasteiger charge is 2.13. The van der Waals surface area contributed by atoms with Gasteiger partial charge >= 0.3 is 0 Å². The van der Waals surface area contributed by atoms with E-state index in [0.29, 0.717) is 5.92 Å². The van der Waals surface area contributed by atoms with Gasteiger partial charge in [-0.1, -0.05) is 19.9 Å². The van der Waals surface area contributed by atoms with Crippen LogP contribution in [0, 0.1) is 0 Å². The minimum Gasteiger partial charge on any atom is -0.330 e. The molecule has 0 spiro atoms. The van der Waals surface area contributed by atoms with Crippen molar-refractivity contribution in [2.24, 2.45) is 5.73 Å². The summed E-state index contributed by atoms with van der Waals surface area (Å²) < 4.78 is 0. The molecule has 0 aromatic carbocycles. The molecule has 0 amide bonds. The fraction of sp³-hybridized carbons (Fsp3) is 0.636. The van der Waals surface area contributed by atoms with E-state index in [9.17, 15) is 0 Å². The highest BCUT2D eigenvalue weighted by molar-refractivity contribution is 7.10. The molecule has 14 heavy (non-hydrogen) atoms. The third-order valence-electron chi connectivity index (χ3n) is 2.60. The second kappa shape index (κ2) is 6.17. The summed E-state index contributed by atoms with van der Waals surface area (Å²) in [5, 5.41) is 2.13. The lowest BCUT2D eigenvalue weighted by molar-refractivity contribution is 0.285. The Morgan fingerprint density at radius 2 is 2.14 bits per heavy atom. The summed E-state index contributed by atoms with van der Waals surface area (Å²) >= 11 is 1.81. The minimum atomic E-state index is 0.509. The van der Waals surface area contributed by atoms with Crippen molar-refractivity contribution in [1.29, 1.82) is 0 Å². The number of rotatable bonds is 6. The topological polar surface area (TPSA) is 29.3 Å². The van der Waals surface area contributed by atoms with Gasteiger partial charge in [0.15, 0.2) is 0 Å². The molecule has 2 N–H and O–H groups in total. The summed E-state index contributed by atoms with van der Waals surface area (Å²) in [6.45, 7) is 8.45. The van der Waals surface area contributed by atoms with Crippen LogP contribution in [-0.4, -0.2) is 31.1 Å². The van der Waals surface area contributed by atoms with Crippen molar-refractivity contribution in [3.63, 3.8) is 0 Å². The molecule has 1 rings (SSSR count). The first kappa shape index (κ1) is 11.7. The lowest BCUT2D eigenvalue weighted by Crippen LogP contribution is -2.31. The minimum absolute atomic E-state index is 0.509. The molecule has 1 heterocycles. The second-order valence-corrected chi connectivity index (χ2v) is 4.41. The van der Waals surface area contributed by atoms with Crippen LogP contribution in [-0.2, 0) is 0 Å². The van der Waals surface area contributed by atoms with E-state index in [1.165, 1.54) is 4.88 Å². The fourth-order valence-electron chi connectivity index (χ4n) is 1.60. The number of thiophene rings is 1. The van der Waals surface area contributed by atoms with Crippen LogP contribution in [0.3, 0.4) is 0 Å². The van der Waals surface area contributed by atoms with Crippen molar-refractivity contribution >= 4 is 11.3 Å². The highest BCUT2D eigenvalue weighted by Crippen LogP contribution is 2.21. The Bertz CT molecular complexity index is 229. The zero-order valence-electron chi connectivity index (χ0n) is 9.07. The number of likely N-dealkylation sites (N-methyl/N-ethyl adjacent to an activating group) is 1. The zero-order valence-corrected chi connectivity index (χ0v) is 9.89. The van der Waals surface area contributed by atoms with Gasteiger partial charge in [-0.25, -0.2) is 0 Å². The van der Waals surface area contributed by atoms with Crippen LogP contribution >= 0.6 is 11.3 Å². The number of nitrogens with zero attached hydrogens (tertiary/aromatic N) is 1. The van der Waals surface area contributed by atoms with Crippen molar-refractivity contribution in [2.45, 2.75) is 19.8 Å². The molecule has 1 aromatic rings. The molecule has 0 saturated carbocycles. The number of hydrogen-bond donors (Lipinski definition) is 1. The Balaban J connectivity index is 2.55. The third-order valence-corrected chi connectivity index (χ3v) is 3.64. The zero-order chi connectivity index (χ0) is 10.4. The molecule has 1 unspecified atom stereocenters. The Labute approximate surface area is 90.7 Å². The number of nitrogens with two attached hydrogens (primary N) is 1. The predicted octanol–water partition coefficient (Wildman–Crippen LogP) is 2.13. The maximum absolute atomic E-state index is 5.80. The molecule has 0 aliphatic rings. The van der Waals surface area contributed by atoms with Crippen LogP contribution in [0.5, 0.6) is 0 Å². The van der Waals surface area contributed by atoms with E-state index in [4.69, 9.17) is 5.73 Å². The molecule has 0 radical (unpaired) electrons. The summed E-state index contributed by atoms with van der Waals surface area (Å²) in [4.78, 5) is 3.84. The summed E-state index contributed by atoms with van der Waals surface area (Å²) in [7, 11) is 0. The van der Waals surface area contributed by atoms with E-state index in [0.717, 1.165) is 26.2 Å². The quantitative estimate of drug-likeness (QED) is 0.783. The third kappa shape index (κ3) is 3.08. The molecule has 0 saturated heterocycles. The summed E-state index contributed by atoms with van der Waals surface area (Å²) in [6, 6.07) is 4.29. The molecule has 1 aromatic heterocycles. The Morgan fingerprint density at radius 1 is 1.43 bits per heavy atom. The van der Waals surface area contributed by atoms with E-state index in [2.05, 4.69) is 36.3 Å². The van der Waals surface area contributed by atoms with Crippen LogP contribution < -0.4 is 5.73 Å². The van der Waals surface area contributed by atoms with Gasteiger partial charge in [0.1, 0.15) is 0 Å². The molecule has 0 aliphatic carbocycles. The van der Waals surface area contributed by atoms with Crippen molar-refractivity contribution < 1.29 is 0 Å². The average molecular weight is 212 g/mol. The van der Waals surface area contributed by atoms with Gasteiger partial charge in [0, 0.05) is 23.9 Å². The number of hydrogen-bond acceptors (Lipinski definition) is 3. The molecular weight excluding hydrogens is 192 g/mol. The predicted molar refractivity (Wildman–Crippen MR) is 63.9 cm³/mol. The average Bonchev–Trinajstić information content (AvgIpc) is 2.73. The molecular formula is C11H20N2S. The standard InChI is InChI=1S/C11H20N2S/c1-3-13(4-2)9-10(8-12)11-6-5-7-14-11/h5-7,10H,3-4,8-9,12H2,1-2H3. The largest absolute Gasteiger partial charge is 0.330 e. The van der Waals surface area contributed by atoms with Crippen molar-refractivity contribution in [3.8, 4) is 0 Å². The van der Waals surface area contributed by atoms with E-state index >= 15 is 0 Å². The molecule has 80 valence electrons. The Kier molecular flexibility index (Phi) is 5.15.